The fourth-order valence-electron chi connectivity index (χ4n) is 2.83. The van der Waals surface area contributed by atoms with Crippen molar-refractivity contribution in [3.63, 3.8) is 0 Å². The Morgan fingerprint density at radius 2 is 1.96 bits per heavy atom. The number of nitrogens with zero attached hydrogens (tertiary/aromatic N) is 1. The molecule has 2 aromatic rings. The Morgan fingerprint density at radius 3 is 2.74 bits per heavy atom. The number of ether oxygens (including phenoxy) is 3. The summed E-state index contributed by atoms with van der Waals surface area (Å²) in [5, 5.41) is 0. The summed E-state index contributed by atoms with van der Waals surface area (Å²) in [5.41, 5.74) is 1.57. The molecule has 0 fully saturated rings. The van der Waals surface area contributed by atoms with Crippen LogP contribution in [0, 0.1) is 0 Å². The summed E-state index contributed by atoms with van der Waals surface area (Å²) in [4.78, 5) is 27.1. The lowest BCUT2D eigenvalue weighted by Crippen LogP contribution is -2.37. The van der Waals surface area contributed by atoms with Crippen molar-refractivity contribution in [2.45, 2.75) is 17.9 Å². The highest BCUT2D eigenvalue weighted by Gasteiger charge is 2.24. The van der Waals surface area contributed by atoms with E-state index in [9.17, 15) is 9.59 Å². The van der Waals surface area contributed by atoms with Crippen molar-refractivity contribution >= 4 is 29.3 Å². The van der Waals surface area contributed by atoms with E-state index in [0.717, 1.165) is 16.1 Å². The Bertz CT molecular complexity index is 839. The number of carbonyl (C=O) groups excluding carboxylic acids is 2. The van der Waals surface area contributed by atoms with Gasteiger partial charge in [-0.25, -0.2) is 0 Å². The summed E-state index contributed by atoms with van der Waals surface area (Å²) in [6.07, 6.45) is 0.122. The molecule has 1 aliphatic heterocycles. The smallest absolute Gasteiger partial charge is 0.307 e. The van der Waals surface area contributed by atoms with Crippen molar-refractivity contribution in [1.29, 1.82) is 0 Å². The molecule has 0 unspecified atom stereocenters. The molecule has 1 aliphatic rings. The van der Waals surface area contributed by atoms with Crippen LogP contribution in [0.3, 0.4) is 0 Å². The van der Waals surface area contributed by atoms with Gasteiger partial charge in [0.15, 0.2) is 0 Å². The standard InChI is InChI=1S/C20H21NO5S/c1-24-15-7-8-17(25-2)14(11-15)12-26-20(23)9-10-21-16-5-3-4-6-18(16)27-13-19(21)22/h3-8,11H,9-10,12-13H2,1-2H3. The molecule has 7 heteroatoms. The van der Waals surface area contributed by atoms with E-state index < -0.39 is 0 Å². The van der Waals surface area contributed by atoms with Crippen molar-refractivity contribution in [2.75, 3.05) is 31.4 Å². The molecule has 1 amide bonds. The number of benzene rings is 2. The van der Waals surface area contributed by atoms with Gasteiger partial charge >= 0.3 is 5.97 Å². The minimum atomic E-state index is -0.372. The Kier molecular flexibility index (Phi) is 6.24. The molecule has 0 saturated carbocycles. The number of carbonyl (C=O) groups is 2. The van der Waals surface area contributed by atoms with Crippen LogP contribution in [0.1, 0.15) is 12.0 Å². The average molecular weight is 387 g/mol. The second kappa shape index (κ2) is 8.81. The van der Waals surface area contributed by atoms with Gasteiger partial charge in [-0.05, 0) is 30.3 Å². The number of hydrogen-bond donors (Lipinski definition) is 0. The number of esters is 1. The van der Waals surface area contributed by atoms with Crippen LogP contribution in [0.15, 0.2) is 47.4 Å². The van der Waals surface area contributed by atoms with Gasteiger partial charge in [-0.3, -0.25) is 9.59 Å². The van der Waals surface area contributed by atoms with Crippen molar-refractivity contribution in [1.82, 2.24) is 0 Å². The van der Waals surface area contributed by atoms with Crippen molar-refractivity contribution < 1.29 is 23.8 Å². The quantitative estimate of drug-likeness (QED) is 0.680. The summed E-state index contributed by atoms with van der Waals surface area (Å²) in [6, 6.07) is 13.0. The number of rotatable bonds is 7. The maximum Gasteiger partial charge on any atom is 0.307 e. The van der Waals surface area contributed by atoms with E-state index in [1.807, 2.05) is 24.3 Å². The number of thioether (sulfide) groups is 1. The van der Waals surface area contributed by atoms with Crippen LogP contribution in [0.4, 0.5) is 5.69 Å². The van der Waals surface area contributed by atoms with E-state index in [4.69, 9.17) is 14.2 Å². The fraction of sp³-hybridized carbons (Fsp3) is 0.300. The third-order valence-electron chi connectivity index (χ3n) is 4.22. The average Bonchev–Trinajstić information content (AvgIpc) is 2.71. The van der Waals surface area contributed by atoms with E-state index in [1.54, 1.807) is 37.3 Å². The predicted octanol–water partition coefficient (Wildman–Crippen LogP) is 3.28. The topological polar surface area (TPSA) is 65.1 Å². The summed E-state index contributed by atoms with van der Waals surface area (Å²) in [6.45, 7) is 0.379. The highest BCUT2D eigenvalue weighted by molar-refractivity contribution is 8.00. The van der Waals surface area contributed by atoms with Crippen molar-refractivity contribution in [3.05, 3.63) is 48.0 Å². The first-order valence-electron chi connectivity index (χ1n) is 8.51. The maximum atomic E-state index is 12.2. The van der Waals surface area contributed by atoms with Crippen LogP contribution in [0.5, 0.6) is 11.5 Å². The molecule has 1 heterocycles. The molecule has 3 rings (SSSR count). The van der Waals surface area contributed by atoms with Gasteiger partial charge in [0.1, 0.15) is 18.1 Å². The zero-order valence-corrected chi connectivity index (χ0v) is 16.1. The molecule has 0 saturated heterocycles. The molecule has 0 bridgehead atoms. The van der Waals surface area contributed by atoms with E-state index in [0.29, 0.717) is 23.8 Å². The fourth-order valence-corrected chi connectivity index (χ4v) is 3.76. The van der Waals surface area contributed by atoms with Crippen LogP contribution in [-0.4, -0.2) is 38.4 Å². The highest BCUT2D eigenvalue weighted by atomic mass is 32.2. The number of fused-ring (bicyclic) bond motifs is 1. The maximum absolute atomic E-state index is 12.2. The molecule has 0 aromatic heterocycles. The lowest BCUT2D eigenvalue weighted by atomic mass is 10.2. The first-order chi connectivity index (χ1) is 13.1. The molecule has 6 nitrogen and oxygen atoms in total. The number of amides is 1. The van der Waals surface area contributed by atoms with E-state index in [2.05, 4.69) is 0 Å². The van der Waals surface area contributed by atoms with E-state index >= 15 is 0 Å². The molecule has 0 aliphatic carbocycles. The molecule has 0 spiro atoms. The largest absolute Gasteiger partial charge is 0.497 e. The number of para-hydroxylation sites is 1. The SMILES string of the molecule is COc1ccc(OC)c(COC(=O)CCN2C(=O)CSc3ccccc32)c1. The van der Waals surface area contributed by atoms with Crippen LogP contribution >= 0.6 is 11.8 Å². The minimum Gasteiger partial charge on any atom is -0.497 e. The van der Waals surface area contributed by atoms with Gasteiger partial charge in [-0.15, -0.1) is 11.8 Å². The molecule has 142 valence electrons. The molecule has 0 radical (unpaired) electrons. The second-order valence-corrected chi connectivity index (χ2v) is 6.91. The lowest BCUT2D eigenvalue weighted by Gasteiger charge is -2.28. The summed E-state index contributed by atoms with van der Waals surface area (Å²) < 4.78 is 15.8. The van der Waals surface area contributed by atoms with Gasteiger partial charge < -0.3 is 19.1 Å². The number of hydrogen-bond acceptors (Lipinski definition) is 6. The van der Waals surface area contributed by atoms with Crippen LogP contribution in [0.2, 0.25) is 0 Å². The van der Waals surface area contributed by atoms with Crippen LogP contribution in [0.25, 0.3) is 0 Å². The van der Waals surface area contributed by atoms with Crippen LogP contribution in [-0.2, 0) is 20.9 Å². The van der Waals surface area contributed by atoms with Crippen LogP contribution < -0.4 is 14.4 Å². The van der Waals surface area contributed by atoms with E-state index in [-0.39, 0.29) is 24.9 Å². The van der Waals surface area contributed by atoms with E-state index in [1.165, 1.54) is 11.8 Å². The third kappa shape index (κ3) is 4.54. The van der Waals surface area contributed by atoms with Gasteiger partial charge in [0.25, 0.3) is 0 Å². The monoisotopic (exact) mass is 387 g/mol. The summed E-state index contributed by atoms with van der Waals surface area (Å²) in [5.74, 6) is 1.30. The molecular weight excluding hydrogens is 366 g/mol. The number of anilines is 1. The Hall–Kier alpha value is -2.67. The van der Waals surface area contributed by atoms with Gasteiger partial charge in [0, 0.05) is 17.0 Å². The Balaban J connectivity index is 1.59. The molecule has 27 heavy (non-hydrogen) atoms. The summed E-state index contributed by atoms with van der Waals surface area (Å²) in [7, 11) is 3.13. The van der Waals surface area contributed by atoms with Gasteiger partial charge in [-0.1, -0.05) is 12.1 Å². The highest BCUT2D eigenvalue weighted by Crippen LogP contribution is 2.35. The Labute approximate surface area is 162 Å². The predicted molar refractivity (Wildman–Crippen MR) is 103 cm³/mol. The Morgan fingerprint density at radius 1 is 1.15 bits per heavy atom. The van der Waals surface area contributed by atoms with Gasteiger partial charge in [-0.2, -0.15) is 0 Å². The number of methoxy groups -OCH3 is 2. The van der Waals surface area contributed by atoms with Gasteiger partial charge in [0.05, 0.1) is 32.1 Å². The normalized spacial score (nSPS) is 13.1. The minimum absolute atomic E-state index is 0.000893. The molecule has 0 atom stereocenters. The first kappa shape index (κ1) is 19.1. The summed E-state index contributed by atoms with van der Waals surface area (Å²) >= 11 is 1.52. The van der Waals surface area contributed by atoms with Gasteiger partial charge in [0.2, 0.25) is 5.91 Å². The lowest BCUT2D eigenvalue weighted by molar-refractivity contribution is -0.144. The third-order valence-corrected chi connectivity index (χ3v) is 5.27. The molecular formula is C20H21NO5S. The molecule has 2 aromatic carbocycles. The van der Waals surface area contributed by atoms with Crippen molar-refractivity contribution in [3.8, 4) is 11.5 Å². The zero-order valence-electron chi connectivity index (χ0n) is 15.3. The first-order valence-corrected chi connectivity index (χ1v) is 9.49. The zero-order chi connectivity index (χ0) is 19.2. The second-order valence-electron chi connectivity index (χ2n) is 5.89. The molecule has 0 N–H and O–H groups in total. The van der Waals surface area contributed by atoms with Crippen molar-refractivity contribution in [2.24, 2.45) is 0 Å².